The van der Waals surface area contributed by atoms with Crippen LogP contribution in [-0.2, 0) is 6.42 Å². The predicted molar refractivity (Wildman–Crippen MR) is 62.6 cm³/mol. The summed E-state index contributed by atoms with van der Waals surface area (Å²) in [5.74, 6) is 6.52. The summed E-state index contributed by atoms with van der Waals surface area (Å²) < 4.78 is 1.44. The van der Waals surface area contributed by atoms with Gasteiger partial charge in [0.15, 0.2) is 5.82 Å². The molecule has 0 atom stereocenters. The first-order chi connectivity index (χ1) is 8.24. The largest absolute Gasteiger partial charge is 0.336 e. The summed E-state index contributed by atoms with van der Waals surface area (Å²) in [4.78, 5) is 4.13. The number of hydrogen-bond donors (Lipinski definition) is 1. The molecular formula is C10H10N6S. The average molecular weight is 246 g/mol. The van der Waals surface area contributed by atoms with Gasteiger partial charge >= 0.3 is 0 Å². The third-order valence-corrected chi connectivity index (χ3v) is 2.98. The van der Waals surface area contributed by atoms with E-state index in [1.165, 1.54) is 16.4 Å². The van der Waals surface area contributed by atoms with Crippen molar-refractivity contribution in [3.8, 4) is 6.07 Å². The van der Waals surface area contributed by atoms with Gasteiger partial charge in [-0.2, -0.15) is 5.26 Å². The van der Waals surface area contributed by atoms with E-state index < -0.39 is 0 Å². The Kier molecular flexibility index (Phi) is 3.25. The van der Waals surface area contributed by atoms with E-state index in [9.17, 15) is 0 Å². The number of hydrogen-bond acceptors (Lipinski definition) is 6. The number of pyridine rings is 1. The first kappa shape index (κ1) is 11.4. The molecule has 86 valence electrons. The number of nitrogen functional groups attached to an aromatic ring is 1. The van der Waals surface area contributed by atoms with Crippen LogP contribution in [0.2, 0.25) is 0 Å². The highest BCUT2D eigenvalue weighted by Gasteiger charge is 2.10. The molecule has 2 N–H and O–H groups in total. The van der Waals surface area contributed by atoms with Crippen LogP contribution in [0.5, 0.6) is 0 Å². The quantitative estimate of drug-likeness (QED) is 0.811. The van der Waals surface area contributed by atoms with E-state index in [4.69, 9.17) is 11.1 Å². The van der Waals surface area contributed by atoms with E-state index in [0.717, 1.165) is 6.42 Å². The van der Waals surface area contributed by atoms with Gasteiger partial charge in [-0.1, -0.05) is 13.0 Å². The summed E-state index contributed by atoms with van der Waals surface area (Å²) in [6.07, 6.45) is 0.718. The van der Waals surface area contributed by atoms with Gasteiger partial charge in [0.25, 0.3) is 0 Å². The maximum Gasteiger partial charge on any atom is 0.216 e. The van der Waals surface area contributed by atoms with Crippen LogP contribution < -0.4 is 5.84 Å². The van der Waals surface area contributed by atoms with Crippen molar-refractivity contribution in [1.29, 1.82) is 5.26 Å². The third kappa shape index (κ3) is 2.37. The molecular weight excluding hydrogens is 236 g/mol. The second-order valence-corrected chi connectivity index (χ2v) is 4.18. The Morgan fingerprint density at radius 1 is 1.47 bits per heavy atom. The monoisotopic (exact) mass is 246 g/mol. The van der Waals surface area contributed by atoms with Crippen LogP contribution in [0.25, 0.3) is 0 Å². The molecule has 0 saturated heterocycles. The van der Waals surface area contributed by atoms with Gasteiger partial charge in [0.1, 0.15) is 16.8 Å². The lowest BCUT2D eigenvalue weighted by molar-refractivity contribution is 0.795. The van der Waals surface area contributed by atoms with Crippen LogP contribution in [0.15, 0.2) is 28.4 Å². The highest BCUT2D eigenvalue weighted by atomic mass is 32.2. The molecule has 0 bridgehead atoms. The van der Waals surface area contributed by atoms with Crippen molar-refractivity contribution < 1.29 is 0 Å². The molecule has 0 saturated carbocycles. The molecule has 0 aliphatic carbocycles. The molecule has 2 aromatic heterocycles. The van der Waals surface area contributed by atoms with E-state index in [1.807, 2.05) is 13.0 Å². The normalized spacial score (nSPS) is 10.1. The number of aromatic nitrogens is 4. The summed E-state index contributed by atoms with van der Waals surface area (Å²) in [5.41, 5.74) is 0.369. The highest BCUT2D eigenvalue weighted by Crippen LogP contribution is 2.23. The van der Waals surface area contributed by atoms with Gasteiger partial charge in [0.2, 0.25) is 5.16 Å². The fraction of sp³-hybridized carbons (Fsp3) is 0.200. The van der Waals surface area contributed by atoms with Crippen molar-refractivity contribution in [2.24, 2.45) is 0 Å². The van der Waals surface area contributed by atoms with Gasteiger partial charge in [-0.05, 0) is 23.9 Å². The molecule has 2 rings (SSSR count). The van der Waals surface area contributed by atoms with Crippen LogP contribution in [0.3, 0.4) is 0 Å². The molecule has 0 aromatic carbocycles. The van der Waals surface area contributed by atoms with Gasteiger partial charge in [-0.15, -0.1) is 10.2 Å². The fourth-order valence-corrected chi connectivity index (χ4v) is 2.01. The zero-order valence-corrected chi connectivity index (χ0v) is 9.98. The first-order valence-electron chi connectivity index (χ1n) is 4.99. The molecule has 2 heterocycles. The SMILES string of the molecule is CCc1nnc(Sc2cccc(C#N)n2)n1N. The lowest BCUT2D eigenvalue weighted by Gasteiger charge is -2.01. The summed E-state index contributed by atoms with van der Waals surface area (Å²) >= 11 is 1.28. The summed E-state index contributed by atoms with van der Waals surface area (Å²) in [6, 6.07) is 7.20. The molecule has 2 aromatic rings. The van der Waals surface area contributed by atoms with Gasteiger partial charge in [-0.25, -0.2) is 9.66 Å². The predicted octanol–water partition coefficient (Wildman–Crippen LogP) is 0.972. The summed E-state index contributed by atoms with van der Waals surface area (Å²) in [6.45, 7) is 1.95. The number of nitrogens with zero attached hydrogens (tertiary/aromatic N) is 5. The molecule has 0 radical (unpaired) electrons. The van der Waals surface area contributed by atoms with Crippen molar-refractivity contribution in [2.75, 3.05) is 5.84 Å². The zero-order chi connectivity index (χ0) is 12.3. The standard InChI is InChI=1S/C10H10N6S/c1-2-8-14-15-10(16(8)12)17-9-5-3-4-7(6-11)13-9/h3-5H,2,12H2,1H3. The van der Waals surface area contributed by atoms with Crippen LogP contribution in [0.4, 0.5) is 0 Å². The van der Waals surface area contributed by atoms with Crippen molar-refractivity contribution in [1.82, 2.24) is 19.9 Å². The minimum atomic E-state index is 0.369. The highest BCUT2D eigenvalue weighted by molar-refractivity contribution is 7.99. The summed E-state index contributed by atoms with van der Waals surface area (Å²) in [7, 11) is 0. The van der Waals surface area contributed by atoms with Crippen molar-refractivity contribution >= 4 is 11.8 Å². The van der Waals surface area contributed by atoms with E-state index >= 15 is 0 Å². The number of nitriles is 1. The van der Waals surface area contributed by atoms with Crippen LogP contribution in [-0.4, -0.2) is 19.9 Å². The molecule has 0 aliphatic rings. The van der Waals surface area contributed by atoms with Crippen molar-refractivity contribution in [2.45, 2.75) is 23.5 Å². The Balaban J connectivity index is 2.25. The second-order valence-electron chi connectivity index (χ2n) is 3.20. The van der Waals surface area contributed by atoms with Crippen LogP contribution in [0, 0.1) is 11.3 Å². The Bertz CT molecular complexity index is 570. The first-order valence-corrected chi connectivity index (χ1v) is 5.80. The minimum Gasteiger partial charge on any atom is -0.336 e. The molecule has 6 nitrogen and oxygen atoms in total. The smallest absolute Gasteiger partial charge is 0.216 e. The number of aryl methyl sites for hydroxylation is 1. The zero-order valence-electron chi connectivity index (χ0n) is 9.16. The van der Waals surface area contributed by atoms with Gasteiger partial charge in [0.05, 0.1) is 0 Å². The maximum absolute atomic E-state index is 8.75. The van der Waals surface area contributed by atoms with Crippen LogP contribution >= 0.6 is 11.8 Å². The molecule has 0 amide bonds. The van der Waals surface area contributed by atoms with Crippen molar-refractivity contribution in [3.05, 3.63) is 29.7 Å². The molecule has 0 spiro atoms. The Morgan fingerprint density at radius 3 is 2.94 bits per heavy atom. The molecule has 17 heavy (non-hydrogen) atoms. The fourth-order valence-electron chi connectivity index (χ4n) is 1.25. The lowest BCUT2D eigenvalue weighted by Crippen LogP contribution is -2.13. The van der Waals surface area contributed by atoms with Gasteiger partial charge in [0, 0.05) is 6.42 Å². The average Bonchev–Trinajstić information content (AvgIpc) is 2.71. The van der Waals surface area contributed by atoms with Crippen LogP contribution in [0.1, 0.15) is 18.4 Å². The number of rotatable bonds is 3. The molecule has 0 unspecified atom stereocenters. The molecule has 0 aliphatic heterocycles. The topological polar surface area (TPSA) is 93.4 Å². The Morgan fingerprint density at radius 2 is 2.29 bits per heavy atom. The second kappa shape index (κ2) is 4.84. The Labute approximate surface area is 102 Å². The number of nitrogens with two attached hydrogens (primary N) is 1. The maximum atomic E-state index is 8.75. The van der Waals surface area contributed by atoms with E-state index in [-0.39, 0.29) is 0 Å². The van der Waals surface area contributed by atoms with Gasteiger partial charge in [-0.3, -0.25) is 0 Å². The van der Waals surface area contributed by atoms with E-state index in [1.54, 1.807) is 18.2 Å². The van der Waals surface area contributed by atoms with E-state index in [2.05, 4.69) is 15.2 Å². The van der Waals surface area contributed by atoms with Gasteiger partial charge < -0.3 is 5.84 Å². The molecule has 7 heteroatoms. The summed E-state index contributed by atoms with van der Waals surface area (Å²) in [5, 5.41) is 17.9. The third-order valence-electron chi connectivity index (χ3n) is 2.09. The van der Waals surface area contributed by atoms with Crippen molar-refractivity contribution in [3.63, 3.8) is 0 Å². The molecule has 0 fully saturated rings. The van der Waals surface area contributed by atoms with E-state index in [0.29, 0.717) is 21.7 Å². The lowest BCUT2D eigenvalue weighted by atomic mass is 10.4. The minimum absolute atomic E-state index is 0.369. The Hall–Kier alpha value is -2.07.